The molecule has 1 aromatic rings. The molecule has 0 aliphatic heterocycles. The van der Waals surface area contributed by atoms with Crippen molar-refractivity contribution in [2.24, 2.45) is 0 Å². The number of benzene rings is 1. The van der Waals surface area contributed by atoms with Crippen molar-refractivity contribution in [3.05, 3.63) is 28.8 Å². The molecule has 1 fully saturated rings. The summed E-state index contributed by atoms with van der Waals surface area (Å²) in [5.41, 5.74) is 1.77. The molecule has 1 saturated carbocycles. The molecule has 3 nitrogen and oxygen atoms in total. The number of hydrogen-bond donors (Lipinski definition) is 2. The SMILES string of the molecule is OCCN(c1ccc(CO)cc1Cl)C1CC1. The summed E-state index contributed by atoms with van der Waals surface area (Å²) in [6.45, 7) is 0.751. The molecule has 1 aliphatic carbocycles. The fourth-order valence-electron chi connectivity index (χ4n) is 1.88. The van der Waals surface area contributed by atoms with E-state index in [4.69, 9.17) is 21.8 Å². The van der Waals surface area contributed by atoms with Gasteiger partial charge in [0.25, 0.3) is 0 Å². The van der Waals surface area contributed by atoms with Crippen LogP contribution >= 0.6 is 11.6 Å². The molecule has 0 saturated heterocycles. The first-order valence-electron chi connectivity index (χ1n) is 5.53. The maximum Gasteiger partial charge on any atom is 0.0682 e. The van der Waals surface area contributed by atoms with Crippen LogP contribution < -0.4 is 4.90 Å². The highest BCUT2D eigenvalue weighted by atomic mass is 35.5. The first-order chi connectivity index (χ1) is 7.76. The third-order valence-electron chi connectivity index (χ3n) is 2.83. The zero-order valence-electron chi connectivity index (χ0n) is 9.06. The van der Waals surface area contributed by atoms with Crippen molar-refractivity contribution in [3.63, 3.8) is 0 Å². The van der Waals surface area contributed by atoms with Crippen molar-refractivity contribution in [3.8, 4) is 0 Å². The fourth-order valence-corrected chi connectivity index (χ4v) is 2.19. The molecular weight excluding hydrogens is 226 g/mol. The number of hydrogen-bond acceptors (Lipinski definition) is 3. The fraction of sp³-hybridized carbons (Fsp3) is 0.500. The van der Waals surface area contributed by atoms with Gasteiger partial charge in [0.05, 0.1) is 23.9 Å². The topological polar surface area (TPSA) is 43.7 Å². The van der Waals surface area contributed by atoms with Crippen LogP contribution in [0.1, 0.15) is 18.4 Å². The molecule has 16 heavy (non-hydrogen) atoms. The maximum atomic E-state index is 9.04. The molecule has 0 atom stereocenters. The van der Waals surface area contributed by atoms with E-state index in [9.17, 15) is 0 Å². The van der Waals surface area contributed by atoms with Crippen LogP contribution in [0.3, 0.4) is 0 Å². The minimum absolute atomic E-state index is 0.00340. The maximum absolute atomic E-state index is 9.04. The largest absolute Gasteiger partial charge is 0.395 e. The van der Waals surface area contributed by atoms with E-state index in [0.29, 0.717) is 17.6 Å². The zero-order chi connectivity index (χ0) is 11.5. The summed E-state index contributed by atoms with van der Waals surface area (Å²) < 4.78 is 0. The summed E-state index contributed by atoms with van der Waals surface area (Å²) in [6, 6.07) is 6.09. The highest BCUT2D eigenvalue weighted by Crippen LogP contribution is 2.35. The monoisotopic (exact) mass is 241 g/mol. The Bertz CT molecular complexity index is 366. The molecule has 4 heteroatoms. The zero-order valence-corrected chi connectivity index (χ0v) is 9.82. The Kier molecular flexibility index (Phi) is 3.69. The third-order valence-corrected chi connectivity index (χ3v) is 3.14. The van der Waals surface area contributed by atoms with Crippen molar-refractivity contribution >= 4 is 17.3 Å². The standard InChI is InChI=1S/C12H16ClNO2/c13-11-7-9(8-16)1-4-12(11)14(5-6-15)10-2-3-10/h1,4,7,10,15-16H,2-3,5-6,8H2. The third kappa shape index (κ3) is 2.48. The molecule has 0 unspecified atom stereocenters. The Morgan fingerprint density at radius 2 is 2.06 bits per heavy atom. The van der Waals surface area contributed by atoms with Gasteiger partial charge in [-0.25, -0.2) is 0 Å². The smallest absolute Gasteiger partial charge is 0.0682 e. The Hall–Kier alpha value is -0.770. The van der Waals surface area contributed by atoms with Gasteiger partial charge >= 0.3 is 0 Å². The van der Waals surface area contributed by atoms with Gasteiger partial charge in [0.2, 0.25) is 0 Å². The Labute approximate surface area is 100 Å². The number of aliphatic hydroxyl groups excluding tert-OH is 2. The molecule has 2 rings (SSSR count). The minimum Gasteiger partial charge on any atom is -0.395 e. The first-order valence-corrected chi connectivity index (χ1v) is 5.91. The van der Waals surface area contributed by atoms with Gasteiger partial charge in [-0.15, -0.1) is 0 Å². The van der Waals surface area contributed by atoms with E-state index >= 15 is 0 Å². The lowest BCUT2D eigenvalue weighted by Crippen LogP contribution is -2.29. The molecular formula is C12H16ClNO2. The summed E-state index contributed by atoms with van der Waals surface area (Å²) in [5, 5.41) is 18.7. The summed E-state index contributed by atoms with van der Waals surface area (Å²) in [7, 11) is 0. The van der Waals surface area contributed by atoms with E-state index in [2.05, 4.69) is 4.90 Å². The van der Waals surface area contributed by atoms with Crippen LogP contribution in [0, 0.1) is 0 Å². The average molecular weight is 242 g/mol. The predicted octanol–water partition coefficient (Wildman–Crippen LogP) is 1.79. The lowest BCUT2D eigenvalue weighted by Gasteiger charge is -2.25. The van der Waals surface area contributed by atoms with Crippen molar-refractivity contribution in [1.82, 2.24) is 0 Å². The lowest BCUT2D eigenvalue weighted by molar-refractivity contribution is 0.282. The van der Waals surface area contributed by atoms with Gasteiger partial charge in [0, 0.05) is 12.6 Å². The van der Waals surface area contributed by atoms with Crippen LogP contribution in [0.5, 0.6) is 0 Å². The quantitative estimate of drug-likeness (QED) is 0.826. The van der Waals surface area contributed by atoms with Gasteiger partial charge in [-0.1, -0.05) is 17.7 Å². The molecule has 0 spiro atoms. The molecule has 2 N–H and O–H groups in total. The number of halogens is 1. The van der Waals surface area contributed by atoms with E-state index < -0.39 is 0 Å². The Morgan fingerprint density at radius 3 is 2.56 bits per heavy atom. The van der Waals surface area contributed by atoms with Crippen LogP contribution in [-0.2, 0) is 6.61 Å². The van der Waals surface area contributed by atoms with Crippen molar-refractivity contribution in [2.45, 2.75) is 25.5 Å². The minimum atomic E-state index is 0.00340. The molecule has 0 radical (unpaired) electrons. The van der Waals surface area contributed by atoms with Crippen LogP contribution in [0.4, 0.5) is 5.69 Å². The number of rotatable bonds is 5. The van der Waals surface area contributed by atoms with Crippen LogP contribution in [-0.4, -0.2) is 29.4 Å². The van der Waals surface area contributed by atoms with Gasteiger partial charge in [-0.3, -0.25) is 0 Å². The van der Waals surface area contributed by atoms with Gasteiger partial charge in [0.15, 0.2) is 0 Å². The highest BCUT2D eigenvalue weighted by Gasteiger charge is 2.29. The van der Waals surface area contributed by atoms with Crippen molar-refractivity contribution in [2.75, 3.05) is 18.1 Å². The Balaban J connectivity index is 2.22. The van der Waals surface area contributed by atoms with Gasteiger partial charge in [-0.05, 0) is 30.5 Å². The van der Waals surface area contributed by atoms with E-state index in [1.165, 1.54) is 0 Å². The summed E-state index contributed by atoms with van der Waals surface area (Å²) >= 11 is 6.18. The number of nitrogens with zero attached hydrogens (tertiary/aromatic N) is 1. The summed E-state index contributed by atoms with van der Waals surface area (Å²) in [5.74, 6) is 0. The number of aliphatic hydroxyl groups is 2. The van der Waals surface area contributed by atoms with Gasteiger partial charge in [0.1, 0.15) is 0 Å². The summed E-state index contributed by atoms with van der Waals surface area (Å²) in [4.78, 5) is 2.14. The molecule has 1 aromatic carbocycles. The molecule has 1 aliphatic rings. The van der Waals surface area contributed by atoms with E-state index in [1.54, 1.807) is 6.07 Å². The van der Waals surface area contributed by atoms with Crippen LogP contribution in [0.2, 0.25) is 5.02 Å². The van der Waals surface area contributed by atoms with E-state index in [0.717, 1.165) is 24.1 Å². The molecule has 0 heterocycles. The second-order valence-electron chi connectivity index (χ2n) is 4.09. The normalized spacial score (nSPS) is 15.2. The average Bonchev–Trinajstić information content (AvgIpc) is 3.10. The van der Waals surface area contributed by atoms with Crippen LogP contribution in [0.25, 0.3) is 0 Å². The number of anilines is 1. The molecule has 88 valence electrons. The first kappa shape index (κ1) is 11.7. The molecule has 0 amide bonds. The van der Waals surface area contributed by atoms with E-state index in [-0.39, 0.29) is 13.2 Å². The second-order valence-corrected chi connectivity index (χ2v) is 4.50. The second kappa shape index (κ2) is 5.04. The molecule has 0 bridgehead atoms. The highest BCUT2D eigenvalue weighted by molar-refractivity contribution is 6.33. The van der Waals surface area contributed by atoms with Crippen LogP contribution in [0.15, 0.2) is 18.2 Å². The summed E-state index contributed by atoms with van der Waals surface area (Å²) in [6.07, 6.45) is 2.33. The van der Waals surface area contributed by atoms with Crippen molar-refractivity contribution < 1.29 is 10.2 Å². The lowest BCUT2D eigenvalue weighted by atomic mass is 10.2. The van der Waals surface area contributed by atoms with Gasteiger partial charge in [-0.2, -0.15) is 0 Å². The predicted molar refractivity (Wildman–Crippen MR) is 64.8 cm³/mol. The van der Waals surface area contributed by atoms with E-state index in [1.807, 2.05) is 12.1 Å². The van der Waals surface area contributed by atoms with Crippen molar-refractivity contribution in [1.29, 1.82) is 0 Å². The van der Waals surface area contributed by atoms with Gasteiger partial charge < -0.3 is 15.1 Å². The Morgan fingerprint density at radius 1 is 1.31 bits per heavy atom. The molecule has 0 aromatic heterocycles.